The van der Waals surface area contributed by atoms with Crippen molar-refractivity contribution < 1.29 is 8.81 Å². The van der Waals surface area contributed by atoms with E-state index in [4.69, 9.17) is 9.68 Å². The summed E-state index contributed by atoms with van der Waals surface area (Å²) in [5.74, 6) is 0.485. The first-order valence-corrected chi connectivity index (χ1v) is 7.36. The Hall–Kier alpha value is -2.60. The minimum Gasteiger partial charge on any atom is -0.460 e. The number of rotatable bonds is 4. The van der Waals surface area contributed by atoms with Crippen LogP contribution in [-0.2, 0) is 19.3 Å². The van der Waals surface area contributed by atoms with E-state index in [9.17, 15) is 4.39 Å². The highest BCUT2D eigenvalue weighted by Crippen LogP contribution is 2.29. The highest BCUT2D eigenvalue weighted by atomic mass is 19.1. The van der Waals surface area contributed by atoms with Crippen LogP contribution in [0.5, 0.6) is 0 Å². The van der Waals surface area contributed by atoms with Gasteiger partial charge in [0.2, 0.25) is 0 Å². The maximum absolute atomic E-state index is 13.3. The van der Waals surface area contributed by atoms with E-state index in [-0.39, 0.29) is 5.82 Å². The molecule has 0 radical (unpaired) electrons. The molecule has 0 aliphatic carbocycles. The van der Waals surface area contributed by atoms with Crippen LogP contribution >= 0.6 is 0 Å². The predicted molar refractivity (Wildman–Crippen MR) is 84.1 cm³/mol. The molecule has 1 aromatic heterocycles. The van der Waals surface area contributed by atoms with Gasteiger partial charge in [0.15, 0.2) is 0 Å². The lowest BCUT2D eigenvalue weighted by Gasteiger charge is -2.01. The number of nitrogens with zero attached hydrogens (tertiary/aromatic N) is 1. The first kappa shape index (κ1) is 14.3. The minimum absolute atomic E-state index is 0.260. The fourth-order valence-electron chi connectivity index (χ4n) is 2.71. The third-order valence-corrected chi connectivity index (χ3v) is 3.86. The van der Waals surface area contributed by atoms with Crippen molar-refractivity contribution in [3.63, 3.8) is 0 Å². The van der Waals surface area contributed by atoms with E-state index < -0.39 is 0 Å². The molecule has 0 amide bonds. The zero-order chi connectivity index (χ0) is 15.5. The molecular weight excluding hydrogens is 277 g/mol. The third-order valence-electron chi connectivity index (χ3n) is 3.86. The van der Waals surface area contributed by atoms with E-state index in [0.717, 1.165) is 34.3 Å². The predicted octanol–water partition coefficient (Wildman–Crippen LogP) is 4.79. The van der Waals surface area contributed by atoms with Crippen molar-refractivity contribution in [1.82, 2.24) is 0 Å². The normalized spacial score (nSPS) is 10.8. The number of hydrogen-bond acceptors (Lipinski definition) is 2. The lowest BCUT2D eigenvalue weighted by molar-refractivity contribution is 0.556. The number of halogens is 1. The second-order valence-corrected chi connectivity index (χ2v) is 5.33. The van der Waals surface area contributed by atoms with Gasteiger partial charge in [-0.2, -0.15) is 5.26 Å². The molecule has 0 bridgehead atoms. The summed E-state index contributed by atoms with van der Waals surface area (Å²) >= 11 is 0. The number of furan rings is 1. The Kier molecular flexibility index (Phi) is 3.93. The molecule has 0 N–H and O–H groups in total. The summed E-state index contributed by atoms with van der Waals surface area (Å²) in [5, 5.41) is 10.1. The van der Waals surface area contributed by atoms with Gasteiger partial charge in [0.1, 0.15) is 17.2 Å². The number of nitriles is 1. The molecular formula is C19H16FNO. The molecule has 110 valence electrons. The van der Waals surface area contributed by atoms with Crippen molar-refractivity contribution in [2.24, 2.45) is 0 Å². The van der Waals surface area contributed by atoms with E-state index in [1.54, 1.807) is 6.07 Å². The summed E-state index contributed by atoms with van der Waals surface area (Å²) in [6.07, 6.45) is 1.72. The van der Waals surface area contributed by atoms with Gasteiger partial charge in [-0.05, 0) is 41.8 Å². The second kappa shape index (κ2) is 6.03. The summed E-state index contributed by atoms with van der Waals surface area (Å²) in [6, 6.07) is 14.7. The molecule has 3 heteroatoms. The van der Waals surface area contributed by atoms with Crippen LogP contribution in [0.4, 0.5) is 4.39 Å². The molecule has 3 rings (SSSR count). The fraction of sp³-hybridized carbons (Fsp3) is 0.211. The van der Waals surface area contributed by atoms with Crippen LogP contribution in [0.3, 0.4) is 0 Å². The highest BCUT2D eigenvalue weighted by molar-refractivity contribution is 5.83. The second-order valence-electron chi connectivity index (χ2n) is 5.33. The molecule has 0 aliphatic heterocycles. The Labute approximate surface area is 128 Å². The van der Waals surface area contributed by atoms with Crippen molar-refractivity contribution in [1.29, 1.82) is 5.26 Å². The van der Waals surface area contributed by atoms with Crippen molar-refractivity contribution in [2.45, 2.75) is 26.2 Å². The van der Waals surface area contributed by atoms with Crippen LogP contribution in [0.15, 0.2) is 46.9 Å². The zero-order valence-corrected chi connectivity index (χ0v) is 12.4. The third kappa shape index (κ3) is 2.73. The molecule has 2 nitrogen and oxygen atoms in total. The maximum Gasteiger partial charge on any atom is 0.134 e. The lowest BCUT2D eigenvalue weighted by Crippen LogP contribution is -1.92. The summed E-state index contributed by atoms with van der Waals surface area (Å²) in [4.78, 5) is 0. The van der Waals surface area contributed by atoms with Crippen molar-refractivity contribution in [3.05, 3.63) is 70.7 Å². The van der Waals surface area contributed by atoms with E-state index in [1.165, 1.54) is 17.7 Å². The summed E-state index contributed by atoms with van der Waals surface area (Å²) in [7, 11) is 0. The molecule has 2 aromatic carbocycles. The van der Waals surface area contributed by atoms with Gasteiger partial charge in [-0.3, -0.25) is 0 Å². The average molecular weight is 293 g/mol. The van der Waals surface area contributed by atoms with Crippen molar-refractivity contribution >= 4 is 11.0 Å². The van der Waals surface area contributed by atoms with Gasteiger partial charge in [-0.1, -0.05) is 25.1 Å². The Morgan fingerprint density at radius 1 is 1.14 bits per heavy atom. The lowest BCUT2D eigenvalue weighted by atomic mass is 10.0. The van der Waals surface area contributed by atoms with Gasteiger partial charge in [0.25, 0.3) is 0 Å². The van der Waals surface area contributed by atoms with Gasteiger partial charge in [-0.25, -0.2) is 4.39 Å². The Morgan fingerprint density at radius 2 is 2.00 bits per heavy atom. The number of benzene rings is 2. The van der Waals surface area contributed by atoms with Gasteiger partial charge in [0.05, 0.1) is 12.5 Å². The topological polar surface area (TPSA) is 36.9 Å². The molecule has 22 heavy (non-hydrogen) atoms. The fourth-order valence-corrected chi connectivity index (χ4v) is 2.71. The molecule has 0 unspecified atom stereocenters. The van der Waals surface area contributed by atoms with E-state index in [1.807, 2.05) is 18.2 Å². The summed E-state index contributed by atoms with van der Waals surface area (Å²) in [5.41, 5.74) is 3.75. The maximum atomic E-state index is 13.3. The Morgan fingerprint density at radius 3 is 2.73 bits per heavy atom. The largest absolute Gasteiger partial charge is 0.460 e. The number of aryl methyl sites for hydroxylation is 1. The van der Waals surface area contributed by atoms with Gasteiger partial charge in [-0.15, -0.1) is 0 Å². The van der Waals surface area contributed by atoms with Crippen molar-refractivity contribution in [2.75, 3.05) is 0 Å². The van der Waals surface area contributed by atoms with Crippen LogP contribution in [0, 0.1) is 17.1 Å². The molecule has 0 atom stereocenters. The smallest absolute Gasteiger partial charge is 0.134 e. The van der Waals surface area contributed by atoms with Crippen LogP contribution in [0.25, 0.3) is 11.0 Å². The SMILES string of the molecule is CCc1ccc2oc(Cc3cccc(F)c3)c(CC#N)c2c1. The van der Waals surface area contributed by atoms with Gasteiger partial charge in [0, 0.05) is 17.4 Å². The van der Waals surface area contributed by atoms with E-state index in [2.05, 4.69) is 19.1 Å². The Bertz CT molecular complexity index is 857. The van der Waals surface area contributed by atoms with Gasteiger partial charge >= 0.3 is 0 Å². The molecule has 0 fully saturated rings. The van der Waals surface area contributed by atoms with E-state index >= 15 is 0 Å². The zero-order valence-electron chi connectivity index (χ0n) is 12.4. The highest BCUT2D eigenvalue weighted by Gasteiger charge is 2.15. The average Bonchev–Trinajstić information content (AvgIpc) is 2.84. The monoisotopic (exact) mass is 293 g/mol. The Balaban J connectivity index is 2.08. The first-order valence-electron chi connectivity index (χ1n) is 7.36. The van der Waals surface area contributed by atoms with Gasteiger partial charge < -0.3 is 4.42 Å². The van der Waals surface area contributed by atoms with E-state index in [0.29, 0.717) is 12.8 Å². The molecule has 0 aliphatic rings. The van der Waals surface area contributed by atoms with Crippen LogP contribution in [0.1, 0.15) is 29.4 Å². The quantitative estimate of drug-likeness (QED) is 0.693. The standard InChI is InChI=1S/C19H16FNO/c1-2-13-6-7-18-17(11-13)16(8-9-21)19(22-18)12-14-4-3-5-15(20)10-14/h3-7,10-11H,2,8,12H2,1H3. The first-order chi connectivity index (χ1) is 10.7. The molecule has 0 saturated heterocycles. The van der Waals surface area contributed by atoms with Crippen molar-refractivity contribution in [3.8, 4) is 6.07 Å². The number of hydrogen-bond donors (Lipinski definition) is 0. The van der Waals surface area contributed by atoms with Crippen LogP contribution in [-0.4, -0.2) is 0 Å². The van der Waals surface area contributed by atoms with Crippen LogP contribution in [0.2, 0.25) is 0 Å². The minimum atomic E-state index is -0.260. The summed E-state index contributed by atoms with van der Waals surface area (Å²) < 4.78 is 19.3. The molecule has 1 heterocycles. The number of fused-ring (bicyclic) bond motifs is 1. The summed E-state index contributed by atoms with van der Waals surface area (Å²) in [6.45, 7) is 2.10. The molecule has 0 saturated carbocycles. The molecule has 3 aromatic rings. The molecule has 0 spiro atoms. The van der Waals surface area contributed by atoms with Crippen LogP contribution < -0.4 is 0 Å².